The van der Waals surface area contributed by atoms with Crippen molar-refractivity contribution < 1.29 is 14.2 Å². The minimum Gasteiger partial charge on any atom is -0.492 e. The highest BCUT2D eigenvalue weighted by molar-refractivity contribution is 9.13. The van der Waals surface area contributed by atoms with Crippen molar-refractivity contribution in [1.82, 2.24) is 0 Å². The number of halogens is 2. The molecule has 0 spiro atoms. The maximum atomic E-state index is 6.66. The van der Waals surface area contributed by atoms with Gasteiger partial charge in [-0.2, -0.15) is 0 Å². The summed E-state index contributed by atoms with van der Waals surface area (Å²) in [5.74, 6) is 3.00. The second-order valence-corrected chi connectivity index (χ2v) is 10.4. The van der Waals surface area contributed by atoms with E-state index in [1.54, 1.807) is 0 Å². The molecule has 3 nitrogen and oxygen atoms in total. The van der Waals surface area contributed by atoms with Gasteiger partial charge < -0.3 is 14.2 Å². The minimum absolute atomic E-state index is 0.109. The van der Waals surface area contributed by atoms with Crippen molar-refractivity contribution in [2.24, 2.45) is 11.8 Å². The lowest BCUT2D eigenvalue weighted by molar-refractivity contribution is 0.0526. The second kappa shape index (κ2) is 8.92. The summed E-state index contributed by atoms with van der Waals surface area (Å²) < 4.78 is 21.3. The van der Waals surface area contributed by atoms with Crippen molar-refractivity contribution in [3.05, 3.63) is 31.2 Å². The zero-order valence-electron chi connectivity index (χ0n) is 17.9. The van der Waals surface area contributed by atoms with Crippen LogP contribution in [0.2, 0.25) is 0 Å². The molecule has 0 amide bonds. The second-order valence-electron chi connectivity index (χ2n) is 8.79. The summed E-state index contributed by atoms with van der Waals surface area (Å²) in [4.78, 5) is 0. The Kier molecular flexibility index (Phi) is 6.67. The van der Waals surface area contributed by atoms with Crippen LogP contribution in [0, 0.1) is 11.8 Å². The number of benzene rings is 1. The lowest BCUT2D eigenvalue weighted by Crippen LogP contribution is -2.27. The molecule has 1 fully saturated rings. The van der Waals surface area contributed by atoms with Gasteiger partial charge >= 0.3 is 0 Å². The SMILES string of the molecule is CCCCOc1c(Br)c(Br)c(OCCCC)c2c1[C@H]1O[C@@H]2C2CC(C)=C(C)CC21. The summed E-state index contributed by atoms with van der Waals surface area (Å²) in [7, 11) is 0. The molecule has 0 radical (unpaired) electrons. The first-order valence-electron chi connectivity index (χ1n) is 11.1. The molecule has 0 aromatic heterocycles. The Morgan fingerprint density at radius 3 is 1.59 bits per heavy atom. The van der Waals surface area contributed by atoms with E-state index in [-0.39, 0.29) is 12.2 Å². The number of fused-ring (bicyclic) bond motifs is 8. The van der Waals surface area contributed by atoms with E-state index in [2.05, 4.69) is 59.6 Å². The highest BCUT2D eigenvalue weighted by Crippen LogP contribution is 2.67. The van der Waals surface area contributed by atoms with Gasteiger partial charge in [0.25, 0.3) is 0 Å². The molecule has 2 heterocycles. The van der Waals surface area contributed by atoms with Crippen molar-refractivity contribution >= 4 is 31.9 Å². The number of ether oxygens (including phenoxy) is 3. The van der Waals surface area contributed by atoms with Crippen LogP contribution in [0.25, 0.3) is 0 Å². The van der Waals surface area contributed by atoms with E-state index in [9.17, 15) is 0 Å². The van der Waals surface area contributed by atoms with Crippen LogP contribution in [0.1, 0.15) is 89.6 Å². The first kappa shape index (κ1) is 21.7. The quantitative estimate of drug-likeness (QED) is 0.252. The molecule has 160 valence electrons. The third-order valence-electron chi connectivity index (χ3n) is 6.86. The minimum atomic E-state index is 0.109. The summed E-state index contributed by atoms with van der Waals surface area (Å²) >= 11 is 7.62. The topological polar surface area (TPSA) is 27.7 Å². The Bertz CT molecular complexity index is 752. The fourth-order valence-corrected chi connectivity index (χ4v) is 6.13. The molecule has 5 heteroatoms. The molecule has 3 aliphatic rings. The van der Waals surface area contributed by atoms with Crippen LogP contribution in [-0.4, -0.2) is 13.2 Å². The third kappa shape index (κ3) is 3.70. The van der Waals surface area contributed by atoms with Gasteiger partial charge in [-0.25, -0.2) is 0 Å². The molecule has 0 N–H and O–H groups in total. The number of hydrogen-bond acceptors (Lipinski definition) is 3. The molecule has 29 heavy (non-hydrogen) atoms. The third-order valence-corrected chi connectivity index (χ3v) is 8.91. The largest absolute Gasteiger partial charge is 0.492 e. The normalized spacial score (nSPS) is 27.2. The van der Waals surface area contributed by atoms with E-state index in [0.29, 0.717) is 11.8 Å². The van der Waals surface area contributed by atoms with Crippen molar-refractivity contribution in [1.29, 1.82) is 0 Å². The molecule has 4 rings (SSSR count). The van der Waals surface area contributed by atoms with Gasteiger partial charge in [0.2, 0.25) is 0 Å². The zero-order chi connectivity index (χ0) is 20.7. The van der Waals surface area contributed by atoms with Crippen LogP contribution in [0.3, 0.4) is 0 Å². The number of hydrogen-bond donors (Lipinski definition) is 0. The summed E-state index contributed by atoms with van der Waals surface area (Å²) in [6.45, 7) is 10.4. The average Bonchev–Trinajstić information content (AvgIpc) is 3.24. The van der Waals surface area contributed by atoms with Crippen LogP contribution in [-0.2, 0) is 4.74 Å². The van der Waals surface area contributed by atoms with Gasteiger partial charge in [-0.05, 0) is 83.2 Å². The van der Waals surface area contributed by atoms with Crippen LogP contribution in [0.5, 0.6) is 11.5 Å². The smallest absolute Gasteiger partial charge is 0.141 e. The fourth-order valence-electron chi connectivity index (χ4n) is 5.11. The molecule has 4 atom stereocenters. The van der Waals surface area contributed by atoms with Crippen molar-refractivity contribution in [3.63, 3.8) is 0 Å². The zero-order valence-corrected chi connectivity index (χ0v) is 21.1. The van der Waals surface area contributed by atoms with Gasteiger partial charge in [-0.1, -0.05) is 37.8 Å². The molecule has 1 aromatic carbocycles. The Balaban J connectivity index is 1.78. The summed E-state index contributed by atoms with van der Waals surface area (Å²) in [5, 5.41) is 0. The molecule has 2 unspecified atom stereocenters. The lowest BCUT2D eigenvalue weighted by Gasteiger charge is -2.36. The van der Waals surface area contributed by atoms with Crippen LogP contribution < -0.4 is 9.47 Å². The summed E-state index contributed by atoms with van der Waals surface area (Å²) in [6, 6.07) is 0. The molecule has 0 saturated carbocycles. The van der Waals surface area contributed by atoms with Gasteiger partial charge in [0, 0.05) is 11.1 Å². The molecule has 1 aromatic rings. The van der Waals surface area contributed by atoms with Crippen LogP contribution in [0.4, 0.5) is 0 Å². The predicted molar refractivity (Wildman–Crippen MR) is 124 cm³/mol. The van der Waals surface area contributed by atoms with Gasteiger partial charge in [0.15, 0.2) is 0 Å². The van der Waals surface area contributed by atoms with Crippen LogP contribution >= 0.6 is 31.9 Å². The Morgan fingerprint density at radius 2 is 1.21 bits per heavy atom. The predicted octanol–water partition coefficient (Wildman–Crippen LogP) is 8.06. The van der Waals surface area contributed by atoms with E-state index >= 15 is 0 Å². The van der Waals surface area contributed by atoms with E-state index in [1.807, 2.05) is 0 Å². The Labute approximate surface area is 191 Å². The first-order chi connectivity index (χ1) is 14.0. The summed E-state index contributed by atoms with van der Waals surface area (Å²) in [5.41, 5.74) is 5.54. The van der Waals surface area contributed by atoms with Crippen molar-refractivity contribution in [3.8, 4) is 11.5 Å². The average molecular weight is 528 g/mol. The maximum Gasteiger partial charge on any atom is 0.141 e. The van der Waals surface area contributed by atoms with Crippen molar-refractivity contribution in [2.45, 2.75) is 78.4 Å². The Morgan fingerprint density at radius 1 is 0.793 bits per heavy atom. The lowest BCUT2D eigenvalue weighted by atomic mass is 9.67. The molecular weight excluding hydrogens is 496 g/mol. The van der Waals surface area contributed by atoms with Gasteiger partial charge in [-0.15, -0.1) is 0 Å². The van der Waals surface area contributed by atoms with E-state index in [0.717, 1.165) is 72.2 Å². The highest BCUT2D eigenvalue weighted by Gasteiger charge is 2.56. The molecule has 2 aliphatic heterocycles. The first-order valence-corrected chi connectivity index (χ1v) is 12.7. The number of rotatable bonds is 8. The standard InChI is InChI=1S/C24H32Br2O3/c1-5-7-9-27-23-17-18(24(20(26)19(23)25)28-10-8-6-2)22-16-12-14(4)13(3)11-15(16)21(17)29-22/h15-16,21-22H,5-12H2,1-4H3/t15?,16?,21-,22+. The number of unbranched alkanes of at least 4 members (excludes halogenated alkanes) is 2. The fraction of sp³-hybridized carbons (Fsp3) is 0.667. The van der Waals surface area contributed by atoms with E-state index < -0.39 is 0 Å². The molecule has 2 bridgehead atoms. The van der Waals surface area contributed by atoms with E-state index in [1.165, 1.54) is 22.3 Å². The van der Waals surface area contributed by atoms with Gasteiger partial charge in [0.05, 0.1) is 34.4 Å². The summed E-state index contributed by atoms with van der Waals surface area (Å²) in [6.07, 6.45) is 6.82. The van der Waals surface area contributed by atoms with E-state index in [4.69, 9.17) is 14.2 Å². The molecule has 1 saturated heterocycles. The van der Waals surface area contributed by atoms with Crippen molar-refractivity contribution in [2.75, 3.05) is 13.2 Å². The Hall–Kier alpha value is -0.520. The molecular formula is C24H32Br2O3. The van der Waals surface area contributed by atoms with Gasteiger partial charge in [0.1, 0.15) is 11.5 Å². The maximum absolute atomic E-state index is 6.66. The number of allylic oxidation sites excluding steroid dienone is 2. The highest BCUT2D eigenvalue weighted by atomic mass is 79.9. The van der Waals surface area contributed by atoms with Gasteiger partial charge in [-0.3, -0.25) is 0 Å². The van der Waals surface area contributed by atoms with Crippen LogP contribution in [0.15, 0.2) is 20.1 Å². The molecule has 1 aliphatic carbocycles. The monoisotopic (exact) mass is 526 g/mol.